The van der Waals surface area contributed by atoms with Crippen LogP contribution in [0.15, 0.2) is 0 Å². The molecule has 3 heteroatoms. The molecule has 2 rings (SSSR count). The second kappa shape index (κ2) is 5.89. The number of nitrogens with one attached hydrogen (secondary N) is 1. The van der Waals surface area contributed by atoms with Gasteiger partial charge in [-0.1, -0.05) is 13.8 Å². The maximum atomic E-state index is 5.66. The summed E-state index contributed by atoms with van der Waals surface area (Å²) in [5.74, 6) is 0. The maximum absolute atomic E-state index is 5.66. The van der Waals surface area contributed by atoms with Gasteiger partial charge in [0.2, 0.25) is 0 Å². The zero-order chi connectivity index (χ0) is 13.1. The molecule has 0 aromatic heterocycles. The van der Waals surface area contributed by atoms with Crippen LogP contribution < -0.4 is 5.32 Å². The van der Waals surface area contributed by atoms with Crippen LogP contribution in [0.1, 0.15) is 39.5 Å². The Morgan fingerprint density at radius 1 is 1.17 bits per heavy atom. The minimum absolute atomic E-state index is 0.364. The summed E-state index contributed by atoms with van der Waals surface area (Å²) < 4.78 is 5.66. The smallest absolute Gasteiger partial charge is 0.0547 e. The van der Waals surface area contributed by atoms with Gasteiger partial charge in [0.25, 0.3) is 0 Å². The van der Waals surface area contributed by atoms with Gasteiger partial charge >= 0.3 is 0 Å². The molecule has 0 aromatic carbocycles. The van der Waals surface area contributed by atoms with Crippen molar-refractivity contribution in [3.8, 4) is 0 Å². The first-order chi connectivity index (χ1) is 8.55. The van der Waals surface area contributed by atoms with Crippen molar-refractivity contribution in [3.63, 3.8) is 0 Å². The van der Waals surface area contributed by atoms with Crippen LogP contribution in [0.5, 0.6) is 0 Å². The van der Waals surface area contributed by atoms with Gasteiger partial charge in [-0.15, -0.1) is 0 Å². The second-order valence-corrected chi connectivity index (χ2v) is 7.13. The normalized spacial score (nSPS) is 33.5. The van der Waals surface area contributed by atoms with E-state index in [2.05, 4.69) is 31.1 Å². The van der Waals surface area contributed by atoms with E-state index in [4.69, 9.17) is 4.74 Å². The van der Waals surface area contributed by atoms with Crippen molar-refractivity contribution >= 4 is 0 Å². The molecule has 18 heavy (non-hydrogen) atoms. The fraction of sp³-hybridized carbons (Fsp3) is 1.00. The van der Waals surface area contributed by atoms with Crippen LogP contribution in [0.25, 0.3) is 0 Å². The first-order valence-electron chi connectivity index (χ1n) is 7.50. The van der Waals surface area contributed by atoms with Gasteiger partial charge < -0.3 is 15.0 Å². The number of hydrogen-bond acceptors (Lipinski definition) is 3. The van der Waals surface area contributed by atoms with Gasteiger partial charge in [0.15, 0.2) is 0 Å². The molecule has 1 atom stereocenters. The van der Waals surface area contributed by atoms with Gasteiger partial charge in [-0.05, 0) is 51.2 Å². The summed E-state index contributed by atoms with van der Waals surface area (Å²) in [4.78, 5) is 2.68. The Hall–Kier alpha value is -0.120. The standard InChI is InChI=1S/C15H30N2O/c1-14(2)5-4-8-17(9-6-14)12-15(11-16-3)7-10-18-13-15/h16H,4-13H2,1-3H3. The van der Waals surface area contributed by atoms with Crippen molar-refractivity contribution in [1.82, 2.24) is 10.2 Å². The Balaban J connectivity index is 1.91. The molecule has 0 bridgehead atoms. The molecular weight excluding hydrogens is 224 g/mol. The molecule has 0 spiro atoms. The van der Waals surface area contributed by atoms with E-state index in [-0.39, 0.29) is 0 Å². The predicted molar refractivity (Wildman–Crippen MR) is 75.9 cm³/mol. The minimum atomic E-state index is 0.364. The van der Waals surface area contributed by atoms with Crippen LogP contribution in [0.2, 0.25) is 0 Å². The molecular formula is C15H30N2O. The summed E-state index contributed by atoms with van der Waals surface area (Å²) in [6.07, 6.45) is 5.28. The van der Waals surface area contributed by atoms with E-state index in [1.54, 1.807) is 0 Å². The molecule has 0 aromatic rings. The van der Waals surface area contributed by atoms with E-state index in [1.165, 1.54) is 45.3 Å². The molecule has 1 N–H and O–H groups in total. The Morgan fingerprint density at radius 3 is 2.67 bits per heavy atom. The van der Waals surface area contributed by atoms with Gasteiger partial charge in [0.1, 0.15) is 0 Å². The van der Waals surface area contributed by atoms with Gasteiger partial charge in [0, 0.05) is 25.1 Å². The zero-order valence-electron chi connectivity index (χ0n) is 12.4. The van der Waals surface area contributed by atoms with Crippen LogP contribution in [0, 0.1) is 10.8 Å². The highest BCUT2D eigenvalue weighted by atomic mass is 16.5. The lowest BCUT2D eigenvalue weighted by molar-refractivity contribution is 0.109. The molecule has 106 valence electrons. The molecule has 2 saturated heterocycles. The third-order valence-electron chi connectivity index (χ3n) is 4.73. The fourth-order valence-corrected chi connectivity index (χ4v) is 3.46. The Kier molecular flexibility index (Phi) is 4.68. The summed E-state index contributed by atoms with van der Waals surface area (Å²) in [5, 5.41) is 3.37. The molecule has 0 saturated carbocycles. The average molecular weight is 254 g/mol. The van der Waals surface area contributed by atoms with Gasteiger partial charge in [-0.2, -0.15) is 0 Å². The Labute approximate surface area is 112 Å². The summed E-state index contributed by atoms with van der Waals surface area (Å²) in [6.45, 7) is 11.6. The van der Waals surface area contributed by atoms with Crippen molar-refractivity contribution in [2.24, 2.45) is 10.8 Å². The topological polar surface area (TPSA) is 24.5 Å². The summed E-state index contributed by atoms with van der Waals surface area (Å²) >= 11 is 0. The quantitative estimate of drug-likeness (QED) is 0.832. The van der Waals surface area contributed by atoms with E-state index < -0.39 is 0 Å². The number of likely N-dealkylation sites (tertiary alicyclic amines) is 1. The number of ether oxygens (including phenoxy) is 1. The van der Waals surface area contributed by atoms with Crippen LogP contribution in [-0.4, -0.2) is 51.3 Å². The van der Waals surface area contributed by atoms with Gasteiger partial charge in [0.05, 0.1) is 6.61 Å². The van der Waals surface area contributed by atoms with Crippen LogP contribution >= 0.6 is 0 Å². The monoisotopic (exact) mass is 254 g/mol. The van der Waals surface area contributed by atoms with E-state index in [1.807, 2.05) is 0 Å². The zero-order valence-corrected chi connectivity index (χ0v) is 12.4. The van der Waals surface area contributed by atoms with E-state index in [0.717, 1.165) is 19.8 Å². The molecule has 1 unspecified atom stereocenters. The first-order valence-corrected chi connectivity index (χ1v) is 7.50. The lowest BCUT2D eigenvalue weighted by Crippen LogP contribution is -2.44. The van der Waals surface area contributed by atoms with Crippen LogP contribution in [0.4, 0.5) is 0 Å². The van der Waals surface area contributed by atoms with E-state index in [0.29, 0.717) is 10.8 Å². The first kappa shape index (κ1) is 14.3. The molecule has 0 radical (unpaired) electrons. The van der Waals surface area contributed by atoms with Crippen molar-refractivity contribution in [2.45, 2.75) is 39.5 Å². The molecule has 2 fully saturated rings. The molecule has 2 aliphatic rings. The highest BCUT2D eigenvalue weighted by molar-refractivity contribution is 4.89. The largest absolute Gasteiger partial charge is 0.381 e. The number of hydrogen-bond donors (Lipinski definition) is 1. The number of nitrogens with zero attached hydrogens (tertiary/aromatic N) is 1. The maximum Gasteiger partial charge on any atom is 0.0547 e. The van der Waals surface area contributed by atoms with E-state index in [9.17, 15) is 0 Å². The van der Waals surface area contributed by atoms with Crippen LogP contribution in [0.3, 0.4) is 0 Å². The number of rotatable bonds is 4. The highest BCUT2D eigenvalue weighted by Crippen LogP contribution is 2.33. The summed E-state index contributed by atoms with van der Waals surface area (Å²) in [6, 6.07) is 0. The predicted octanol–water partition coefficient (Wildman–Crippen LogP) is 2.12. The third kappa shape index (κ3) is 3.69. The van der Waals surface area contributed by atoms with Gasteiger partial charge in [-0.25, -0.2) is 0 Å². The average Bonchev–Trinajstić information content (AvgIpc) is 2.68. The summed E-state index contributed by atoms with van der Waals surface area (Å²) in [5.41, 5.74) is 0.903. The second-order valence-electron chi connectivity index (χ2n) is 7.13. The van der Waals surface area contributed by atoms with E-state index >= 15 is 0 Å². The lowest BCUT2D eigenvalue weighted by Gasteiger charge is -2.34. The Morgan fingerprint density at radius 2 is 2.00 bits per heavy atom. The SMILES string of the molecule is CNCC1(CN2CCCC(C)(C)CC2)CCOC1. The molecule has 0 amide bonds. The highest BCUT2D eigenvalue weighted by Gasteiger charge is 2.36. The van der Waals surface area contributed by atoms with Gasteiger partial charge in [-0.3, -0.25) is 0 Å². The molecule has 3 nitrogen and oxygen atoms in total. The lowest BCUT2D eigenvalue weighted by atomic mass is 9.85. The fourth-order valence-electron chi connectivity index (χ4n) is 3.46. The van der Waals surface area contributed by atoms with Crippen molar-refractivity contribution in [2.75, 3.05) is 46.4 Å². The molecule has 2 aliphatic heterocycles. The van der Waals surface area contributed by atoms with Crippen molar-refractivity contribution in [3.05, 3.63) is 0 Å². The van der Waals surface area contributed by atoms with Crippen LogP contribution in [-0.2, 0) is 4.74 Å². The molecule has 2 heterocycles. The van der Waals surface area contributed by atoms with Crippen molar-refractivity contribution < 1.29 is 4.74 Å². The molecule has 0 aliphatic carbocycles. The minimum Gasteiger partial charge on any atom is -0.381 e. The van der Waals surface area contributed by atoms with Crippen molar-refractivity contribution in [1.29, 1.82) is 0 Å². The third-order valence-corrected chi connectivity index (χ3v) is 4.73. The summed E-state index contributed by atoms with van der Waals surface area (Å²) in [7, 11) is 2.06. The Bertz CT molecular complexity index is 259.